The summed E-state index contributed by atoms with van der Waals surface area (Å²) in [7, 11) is 1.92. The molecule has 0 fully saturated rings. The molecule has 0 bridgehead atoms. The minimum Gasteiger partial charge on any atom is -0.440 e. The summed E-state index contributed by atoms with van der Waals surface area (Å²) in [5, 5.41) is 5.14. The molecule has 0 amide bonds. The summed E-state index contributed by atoms with van der Waals surface area (Å²) in [5.74, 6) is 1.68. The zero-order valence-electron chi connectivity index (χ0n) is 8.91. The Morgan fingerprint density at radius 1 is 1.53 bits per heavy atom. The highest BCUT2D eigenvalue weighted by Crippen LogP contribution is 2.29. The summed E-state index contributed by atoms with van der Waals surface area (Å²) in [6.45, 7) is 2.98. The lowest BCUT2D eigenvalue weighted by Gasteiger charge is -1.94. The van der Waals surface area contributed by atoms with Crippen LogP contribution >= 0.6 is 11.3 Å². The van der Waals surface area contributed by atoms with Crippen molar-refractivity contribution in [3.8, 4) is 10.6 Å². The van der Waals surface area contributed by atoms with Crippen molar-refractivity contribution in [1.29, 1.82) is 0 Å². The third-order valence-corrected chi connectivity index (χ3v) is 3.26. The summed E-state index contributed by atoms with van der Waals surface area (Å²) in [6, 6.07) is 2.09. The third kappa shape index (κ3) is 2.27. The lowest BCUT2D eigenvalue weighted by molar-refractivity contribution is 0.501. The first kappa shape index (κ1) is 10.4. The highest BCUT2D eigenvalue weighted by molar-refractivity contribution is 7.13. The number of aromatic nitrogens is 1. The second-order valence-corrected chi connectivity index (χ2v) is 4.32. The number of aryl methyl sites for hydroxylation is 1. The number of nitrogens with one attached hydrogen (secondary N) is 1. The Labute approximate surface area is 93.2 Å². The van der Waals surface area contributed by atoms with E-state index in [0.29, 0.717) is 0 Å². The van der Waals surface area contributed by atoms with Gasteiger partial charge in [0.15, 0.2) is 11.7 Å². The van der Waals surface area contributed by atoms with Gasteiger partial charge >= 0.3 is 0 Å². The van der Waals surface area contributed by atoms with E-state index in [2.05, 4.69) is 28.7 Å². The van der Waals surface area contributed by atoms with Crippen LogP contribution in [0.3, 0.4) is 0 Å². The van der Waals surface area contributed by atoms with E-state index in [1.807, 2.05) is 13.2 Å². The van der Waals surface area contributed by atoms with Gasteiger partial charge in [-0.05, 0) is 31.0 Å². The van der Waals surface area contributed by atoms with Gasteiger partial charge in [-0.2, -0.15) is 0 Å². The van der Waals surface area contributed by atoms with Gasteiger partial charge in [0.2, 0.25) is 0 Å². The van der Waals surface area contributed by atoms with E-state index in [1.54, 1.807) is 11.3 Å². The van der Waals surface area contributed by atoms with Crippen molar-refractivity contribution >= 4 is 11.3 Å². The van der Waals surface area contributed by atoms with Gasteiger partial charge in [-0.1, -0.05) is 0 Å². The smallest absolute Gasteiger partial charge is 0.196 e. The Hall–Kier alpha value is -1.13. The molecule has 0 aliphatic rings. The Morgan fingerprint density at radius 3 is 3.07 bits per heavy atom. The molecule has 0 aliphatic heterocycles. The number of hydrogen-bond donors (Lipinski definition) is 1. The monoisotopic (exact) mass is 222 g/mol. The molecule has 15 heavy (non-hydrogen) atoms. The van der Waals surface area contributed by atoms with Crippen LogP contribution in [0.2, 0.25) is 0 Å². The first-order valence-corrected chi connectivity index (χ1v) is 5.83. The first-order chi connectivity index (χ1) is 7.31. The van der Waals surface area contributed by atoms with Crippen molar-refractivity contribution in [1.82, 2.24) is 10.3 Å². The zero-order valence-corrected chi connectivity index (χ0v) is 9.73. The first-order valence-electron chi connectivity index (χ1n) is 4.95. The fourth-order valence-corrected chi connectivity index (χ4v) is 2.26. The van der Waals surface area contributed by atoms with E-state index >= 15 is 0 Å². The molecule has 4 heteroatoms. The quantitative estimate of drug-likeness (QED) is 0.863. The molecular formula is C11H14N2OS. The van der Waals surface area contributed by atoms with Gasteiger partial charge in [-0.25, -0.2) is 4.98 Å². The Kier molecular flexibility index (Phi) is 3.18. The molecule has 0 saturated heterocycles. The molecule has 3 nitrogen and oxygen atoms in total. The van der Waals surface area contributed by atoms with Crippen molar-refractivity contribution in [2.24, 2.45) is 0 Å². The van der Waals surface area contributed by atoms with Gasteiger partial charge in [-0.3, -0.25) is 0 Å². The van der Waals surface area contributed by atoms with Gasteiger partial charge in [0.25, 0.3) is 0 Å². The van der Waals surface area contributed by atoms with Gasteiger partial charge in [0, 0.05) is 13.0 Å². The average molecular weight is 222 g/mol. The SMILES string of the molecule is CNCCc1ncc(-c2sccc2C)o1. The number of nitrogens with zero attached hydrogens (tertiary/aromatic N) is 1. The topological polar surface area (TPSA) is 38.1 Å². The van der Waals surface area contributed by atoms with E-state index in [1.165, 1.54) is 10.4 Å². The second-order valence-electron chi connectivity index (χ2n) is 3.40. The predicted octanol–water partition coefficient (Wildman–Crippen LogP) is 2.47. The summed E-state index contributed by atoms with van der Waals surface area (Å²) >= 11 is 1.69. The molecule has 2 aromatic heterocycles. The number of oxazole rings is 1. The Morgan fingerprint density at radius 2 is 2.40 bits per heavy atom. The summed E-state index contributed by atoms with van der Waals surface area (Å²) < 4.78 is 5.67. The second kappa shape index (κ2) is 4.59. The maximum Gasteiger partial charge on any atom is 0.196 e. The minimum absolute atomic E-state index is 0.798. The van der Waals surface area contributed by atoms with Crippen LogP contribution in [0, 0.1) is 6.92 Å². The molecule has 0 aromatic carbocycles. The van der Waals surface area contributed by atoms with Crippen LogP contribution in [0.4, 0.5) is 0 Å². The third-order valence-electron chi connectivity index (χ3n) is 2.23. The van der Waals surface area contributed by atoms with Crippen LogP contribution in [0.1, 0.15) is 11.5 Å². The highest BCUT2D eigenvalue weighted by Gasteiger charge is 2.09. The van der Waals surface area contributed by atoms with Crippen molar-refractivity contribution in [3.05, 3.63) is 29.1 Å². The van der Waals surface area contributed by atoms with E-state index in [0.717, 1.165) is 24.6 Å². The zero-order chi connectivity index (χ0) is 10.7. The number of rotatable bonds is 4. The number of hydrogen-bond acceptors (Lipinski definition) is 4. The molecule has 80 valence electrons. The van der Waals surface area contributed by atoms with Crippen LogP contribution in [0.15, 0.2) is 22.1 Å². The van der Waals surface area contributed by atoms with E-state index in [-0.39, 0.29) is 0 Å². The average Bonchev–Trinajstić information content (AvgIpc) is 2.83. The minimum atomic E-state index is 0.798. The van der Waals surface area contributed by atoms with Gasteiger partial charge < -0.3 is 9.73 Å². The largest absolute Gasteiger partial charge is 0.440 e. The lowest BCUT2D eigenvalue weighted by atomic mass is 10.2. The van der Waals surface area contributed by atoms with Gasteiger partial charge in [0.1, 0.15) is 0 Å². The highest BCUT2D eigenvalue weighted by atomic mass is 32.1. The molecule has 2 heterocycles. The fraction of sp³-hybridized carbons (Fsp3) is 0.364. The van der Waals surface area contributed by atoms with E-state index in [4.69, 9.17) is 4.42 Å². The van der Waals surface area contributed by atoms with Crippen LogP contribution in [-0.4, -0.2) is 18.6 Å². The van der Waals surface area contributed by atoms with Crippen LogP contribution in [0.5, 0.6) is 0 Å². The van der Waals surface area contributed by atoms with Crippen LogP contribution in [-0.2, 0) is 6.42 Å². The number of likely N-dealkylation sites (N-methyl/N-ethyl adjacent to an activating group) is 1. The lowest BCUT2D eigenvalue weighted by Crippen LogP contribution is -2.10. The maximum absolute atomic E-state index is 5.67. The van der Waals surface area contributed by atoms with Crippen molar-refractivity contribution in [2.45, 2.75) is 13.3 Å². The molecule has 2 aromatic rings. The van der Waals surface area contributed by atoms with Crippen LogP contribution < -0.4 is 5.32 Å². The molecule has 0 atom stereocenters. The molecule has 0 unspecified atom stereocenters. The van der Waals surface area contributed by atoms with Crippen LogP contribution in [0.25, 0.3) is 10.6 Å². The fourth-order valence-electron chi connectivity index (χ4n) is 1.39. The van der Waals surface area contributed by atoms with E-state index < -0.39 is 0 Å². The number of thiophene rings is 1. The Bertz CT molecular complexity index is 433. The normalized spacial score (nSPS) is 10.8. The predicted molar refractivity (Wildman–Crippen MR) is 62.2 cm³/mol. The molecule has 1 N–H and O–H groups in total. The Balaban J connectivity index is 2.17. The standard InChI is InChI=1S/C11H14N2OS/c1-8-4-6-15-11(8)9-7-13-10(14-9)3-5-12-2/h4,6-7,12H,3,5H2,1-2H3. The maximum atomic E-state index is 5.67. The van der Waals surface area contributed by atoms with Crippen molar-refractivity contribution in [2.75, 3.05) is 13.6 Å². The molecule has 2 rings (SSSR count). The molecule has 0 aliphatic carbocycles. The van der Waals surface area contributed by atoms with Gasteiger partial charge in [-0.15, -0.1) is 11.3 Å². The molecule has 0 spiro atoms. The molecule has 0 radical (unpaired) electrons. The van der Waals surface area contributed by atoms with E-state index in [9.17, 15) is 0 Å². The summed E-state index contributed by atoms with van der Waals surface area (Å²) in [5.41, 5.74) is 1.25. The molecule has 0 saturated carbocycles. The summed E-state index contributed by atoms with van der Waals surface area (Å²) in [4.78, 5) is 5.43. The van der Waals surface area contributed by atoms with Crippen molar-refractivity contribution in [3.63, 3.8) is 0 Å². The summed E-state index contributed by atoms with van der Waals surface area (Å²) in [6.07, 6.45) is 2.64. The van der Waals surface area contributed by atoms with Crippen molar-refractivity contribution < 1.29 is 4.42 Å². The van der Waals surface area contributed by atoms with Gasteiger partial charge in [0.05, 0.1) is 11.1 Å². The molecular weight excluding hydrogens is 208 g/mol.